The summed E-state index contributed by atoms with van der Waals surface area (Å²) in [5.41, 5.74) is 1.55. The van der Waals surface area contributed by atoms with E-state index in [1.54, 1.807) is 48.5 Å². The molecule has 0 saturated heterocycles. The minimum absolute atomic E-state index is 0.267. The molecule has 0 bridgehead atoms. The molecule has 6 heteroatoms. The molecule has 24 heavy (non-hydrogen) atoms. The molecule has 0 aliphatic carbocycles. The molecule has 4 nitrogen and oxygen atoms in total. The molecule has 1 N–H and O–H groups in total. The molecule has 3 aromatic rings. The van der Waals surface area contributed by atoms with Gasteiger partial charge in [0.2, 0.25) is 0 Å². The number of benzene rings is 2. The average molecular weight is 361 g/mol. The van der Waals surface area contributed by atoms with E-state index in [1.807, 2.05) is 6.92 Å². The van der Waals surface area contributed by atoms with Crippen molar-refractivity contribution in [2.45, 2.75) is 6.92 Å². The summed E-state index contributed by atoms with van der Waals surface area (Å²) in [4.78, 5) is 16.9. The quantitative estimate of drug-likeness (QED) is 0.696. The Morgan fingerprint density at radius 3 is 2.50 bits per heavy atom. The zero-order chi connectivity index (χ0) is 17.1. The van der Waals surface area contributed by atoms with Crippen molar-refractivity contribution in [3.05, 3.63) is 64.3 Å². The van der Waals surface area contributed by atoms with Gasteiger partial charge in [-0.2, -0.15) is 0 Å². The summed E-state index contributed by atoms with van der Waals surface area (Å²) in [6.45, 7) is 2.36. The number of fused-ring (bicyclic) bond motifs is 1. The Hall–Kier alpha value is -2.30. The van der Waals surface area contributed by atoms with Crippen LogP contribution in [0.4, 0.5) is 5.69 Å². The number of aromatic nitrogens is 1. The van der Waals surface area contributed by atoms with Crippen LogP contribution in [0.2, 0.25) is 10.0 Å². The largest absolute Gasteiger partial charge is 0.493 e. The summed E-state index contributed by atoms with van der Waals surface area (Å²) in [5.74, 6) is 0.251. The van der Waals surface area contributed by atoms with Gasteiger partial charge in [-0.1, -0.05) is 23.2 Å². The van der Waals surface area contributed by atoms with Gasteiger partial charge in [-0.3, -0.25) is 4.79 Å². The maximum Gasteiger partial charge on any atom is 0.274 e. The Kier molecular flexibility index (Phi) is 4.88. The van der Waals surface area contributed by atoms with Crippen LogP contribution in [-0.4, -0.2) is 17.5 Å². The van der Waals surface area contributed by atoms with E-state index in [-0.39, 0.29) is 11.6 Å². The van der Waals surface area contributed by atoms with Gasteiger partial charge < -0.3 is 10.1 Å². The van der Waals surface area contributed by atoms with E-state index in [2.05, 4.69) is 10.3 Å². The molecule has 122 valence electrons. The fourth-order valence-electron chi connectivity index (χ4n) is 2.29. The van der Waals surface area contributed by atoms with Crippen molar-refractivity contribution in [1.82, 2.24) is 4.98 Å². The number of carbonyl (C=O) groups is 1. The normalized spacial score (nSPS) is 10.6. The van der Waals surface area contributed by atoms with Gasteiger partial charge in [0.1, 0.15) is 11.4 Å². The molecule has 0 radical (unpaired) electrons. The standard InChI is InChI=1S/C18H14Cl2N2O2/c1-2-24-17-10-16(22-15-8-5-12(20)9-14(15)17)18(23)21-13-6-3-11(19)4-7-13/h3-10H,2H2,1H3,(H,21,23). The minimum atomic E-state index is -0.324. The zero-order valence-electron chi connectivity index (χ0n) is 12.8. The van der Waals surface area contributed by atoms with Gasteiger partial charge in [0.05, 0.1) is 12.1 Å². The highest BCUT2D eigenvalue weighted by atomic mass is 35.5. The van der Waals surface area contributed by atoms with Gasteiger partial charge in [-0.15, -0.1) is 0 Å². The Labute approximate surface area is 149 Å². The monoisotopic (exact) mass is 360 g/mol. The molecular weight excluding hydrogens is 347 g/mol. The van der Waals surface area contributed by atoms with E-state index in [4.69, 9.17) is 27.9 Å². The number of nitrogens with one attached hydrogen (secondary N) is 1. The van der Waals surface area contributed by atoms with E-state index in [9.17, 15) is 4.79 Å². The molecule has 0 atom stereocenters. The third-order valence-electron chi connectivity index (χ3n) is 3.37. The Bertz CT molecular complexity index is 895. The smallest absolute Gasteiger partial charge is 0.274 e. The van der Waals surface area contributed by atoms with E-state index < -0.39 is 0 Å². The molecule has 0 saturated carbocycles. The lowest BCUT2D eigenvalue weighted by Gasteiger charge is -2.11. The van der Waals surface area contributed by atoms with Gasteiger partial charge in [0, 0.05) is 27.2 Å². The molecular formula is C18H14Cl2N2O2. The zero-order valence-corrected chi connectivity index (χ0v) is 14.4. The highest BCUT2D eigenvalue weighted by Crippen LogP contribution is 2.28. The molecule has 1 aromatic heterocycles. The van der Waals surface area contributed by atoms with Gasteiger partial charge in [0.15, 0.2) is 0 Å². The summed E-state index contributed by atoms with van der Waals surface area (Å²) in [7, 11) is 0. The maximum absolute atomic E-state index is 12.5. The first-order valence-corrected chi connectivity index (χ1v) is 8.12. The van der Waals surface area contributed by atoms with Gasteiger partial charge in [-0.05, 0) is 49.4 Å². The molecule has 0 fully saturated rings. The summed E-state index contributed by atoms with van der Waals surface area (Å²) >= 11 is 11.9. The van der Waals surface area contributed by atoms with E-state index >= 15 is 0 Å². The number of anilines is 1. The van der Waals surface area contributed by atoms with Gasteiger partial charge >= 0.3 is 0 Å². The summed E-state index contributed by atoms with van der Waals surface area (Å²) in [5, 5.41) is 4.75. The van der Waals surface area contributed by atoms with Crippen molar-refractivity contribution in [2.75, 3.05) is 11.9 Å². The molecule has 1 amide bonds. The Morgan fingerprint density at radius 1 is 1.08 bits per heavy atom. The summed E-state index contributed by atoms with van der Waals surface area (Å²) in [6.07, 6.45) is 0. The first-order valence-electron chi connectivity index (χ1n) is 7.37. The third-order valence-corrected chi connectivity index (χ3v) is 3.85. The second-order valence-electron chi connectivity index (χ2n) is 5.06. The van der Waals surface area contributed by atoms with Crippen molar-refractivity contribution < 1.29 is 9.53 Å². The predicted molar refractivity (Wildman–Crippen MR) is 97.3 cm³/mol. The lowest BCUT2D eigenvalue weighted by Crippen LogP contribution is -2.14. The fourth-order valence-corrected chi connectivity index (χ4v) is 2.58. The highest BCUT2D eigenvalue weighted by Gasteiger charge is 2.13. The van der Waals surface area contributed by atoms with Crippen molar-refractivity contribution >= 4 is 45.7 Å². The van der Waals surface area contributed by atoms with Crippen molar-refractivity contribution in [2.24, 2.45) is 0 Å². The predicted octanol–water partition coefficient (Wildman–Crippen LogP) is 5.19. The lowest BCUT2D eigenvalue weighted by atomic mass is 10.1. The number of hydrogen-bond acceptors (Lipinski definition) is 3. The molecule has 0 aliphatic heterocycles. The van der Waals surface area contributed by atoms with Crippen LogP contribution in [0.25, 0.3) is 10.9 Å². The number of rotatable bonds is 4. The van der Waals surface area contributed by atoms with Gasteiger partial charge in [0.25, 0.3) is 5.91 Å². The molecule has 3 rings (SSSR count). The number of amides is 1. The van der Waals surface area contributed by atoms with E-state index in [0.717, 1.165) is 5.39 Å². The Balaban J connectivity index is 1.97. The van der Waals surface area contributed by atoms with Crippen LogP contribution in [0.3, 0.4) is 0 Å². The summed E-state index contributed by atoms with van der Waals surface area (Å²) in [6, 6.07) is 13.8. The van der Waals surface area contributed by atoms with Crippen molar-refractivity contribution in [3.8, 4) is 5.75 Å². The number of hydrogen-bond donors (Lipinski definition) is 1. The van der Waals surface area contributed by atoms with Crippen LogP contribution < -0.4 is 10.1 Å². The van der Waals surface area contributed by atoms with Crippen LogP contribution >= 0.6 is 23.2 Å². The highest BCUT2D eigenvalue weighted by molar-refractivity contribution is 6.31. The van der Waals surface area contributed by atoms with Crippen LogP contribution in [-0.2, 0) is 0 Å². The third kappa shape index (κ3) is 3.61. The number of nitrogens with zero attached hydrogens (tertiary/aromatic N) is 1. The van der Waals surface area contributed by atoms with Gasteiger partial charge in [-0.25, -0.2) is 4.98 Å². The lowest BCUT2D eigenvalue weighted by molar-refractivity contribution is 0.102. The minimum Gasteiger partial charge on any atom is -0.493 e. The molecule has 0 unspecified atom stereocenters. The second kappa shape index (κ2) is 7.07. The summed E-state index contributed by atoms with van der Waals surface area (Å²) < 4.78 is 5.63. The van der Waals surface area contributed by atoms with Crippen molar-refractivity contribution in [1.29, 1.82) is 0 Å². The molecule has 0 aliphatic rings. The van der Waals surface area contributed by atoms with Crippen LogP contribution in [0.15, 0.2) is 48.5 Å². The molecule has 0 spiro atoms. The first kappa shape index (κ1) is 16.6. The number of halogens is 2. The van der Waals surface area contributed by atoms with E-state index in [0.29, 0.717) is 33.6 Å². The first-order chi connectivity index (χ1) is 11.6. The maximum atomic E-state index is 12.5. The van der Waals surface area contributed by atoms with Crippen molar-refractivity contribution in [3.63, 3.8) is 0 Å². The molecule has 1 heterocycles. The second-order valence-corrected chi connectivity index (χ2v) is 5.93. The van der Waals surface area contributed by atoms with E-state index in [1.165, 1.54) is 0 Å². The molecule has 2 aromatic carbocycles. The topological polar surface area (TPSA) is 51.2 Å². The average Bonchev–Trinajstić information content (AvgIpc) is 2.57. The Morgan fingerprint density at radius 2 is 1.79 bits per heavy atom. The fraction of sp³-hybridized carbons (Fsp3) is 0.111. The van der Waals surface area contributed by atoms with Crippen LogP contribution in [0, 0.1) is 0 Å². The van der Waals surface area contributed by atoms with Crippen LogP contribution in [0.1, 0.15) is 17.4 Å². The van der Waals surface area contributed by atoms with Crippen LogP contribution in [0.5, 0.6) is 5.75 Å². The number of ether oxygens (including phenoxy) is 1. The number of pyridine rings is 1. The number of carbonyl (C=O) groups excluding carboxylic acids is 1. The SMILES string of the molecule is CCOc1cc(C(=O)Nc2ccc(Cl)cc2)nc2ccc(Cl)cc12.